The fraction of sp³-hybridized carbons (Fsp3) is 0. The second kappa shape index (κ2) is 3.25. The monoisotopic (exact) mass is 260 g/mol. The first-order chi connectivity index (χ1) is 5.04. The van der Waals surface area contributed by atoms with Gasteiger partial charge in [-0.1, -0.05) is 23.2 Å². The third kappa shape index (κ3) is 1.66. The van der Waals surface area contributed by atoms with Crippen LogP contribution in [-0.4, -0.2) is 0 Å². The van der Waals surface area contributed by atoms with E-state index in [1.54, 1.807) is 0 Å². The third-order valence-electron chi connectivity index (χ3n) is 1.06. The molecule has 1 aromatic rings. The molecule has 0 aromatic heterocycles. The number of hydrogen-bond donors (Lipinski definition) is 0. The van der Waals surface area contributed by atoms with E-state index >= 15 is 0 Å². The molecule has 0 radical (unpaired) electrons. The normalized spacial score (nSPS) is 10.3. The van der Waals surface area contributed by atoms with Crippen molar-refractivity contribution < 1.29 is 8.78 Å². The van der Waals surface area contributed by atoms with Crippen LogP contribution in [0.4, 0.5) is 8.78 Å². The molecule has 0 aliphatic heterocycles. The van der Waals surface area contributed by atoms with Crippen molar-refractivity contribution >= 4 is 39.1 Å². The molecule has 5 heteroatoms. The molecular weight excluding hydrogens is 261 g/mol. The van der Waals surface area contributed by atoms with Crippen LogP contribution < -0.4 is 0 Å². The van der Waals surface area contributed by atoms with Gasteiger partial charge in [0.1, 0.15) is 5.82 Å². The van der Waals surface area contributed by atoms with Gasteiger partial charge in [-0.3, -0.25) is 0 Å². The second-order valence-corrected chi connectivity index (χ2v) is 3.36. The zero-order valence-electron chi connectivity index (χ0n) is 4.97. The maximum Gasteiger partial charge on any atom is 0.157 e. The van der Waals surface area contributed by atoms with Gasteiger partial charge in [-0.25, -0.2) is 8.78 Å². The SMILES string of the molecule is Fc1cc(Cl)c(F)c(Br)c1Cl. The molecule has 0 aliphatic carbocycles. The first-order valence-electron chi connectivity index (χ1n) is 2.52. The fourth-order valence-corrected chi connectivity index (χ4v) is 1.39. The zero-order chi connectivity index (χ0) is 8.59. The van der Waals surface area contributed by atoms with Gasteiger partial charge >= 0.3 is 0 Å². The van der Waals surface area contributed by atoms with Gasteiger partial charge in [-0.05, 0) is 22.0 Å². The van der Waals surface area contributed by atoms with Gasteiger partial charge in [0.25, 0.3) is 0 Å². The summed E-state index contributed by atoms with van der Waals surface area (Å²) < 4.78 is 25.2. The van der Waals surface area contributed by atoms with Crippen molar-refractivity contribution in [3.63, 3.8) is 0 Å². The summed E-state index contributed by atoms with van der Waals surface area (Å²) in [6.07, 6.45) is 0. The molecule has 1 aromatic carbocycles. The number of benzene rings is 1. The highest BCUT2D eigenvalue weighted by atomic mass is 79.9. The molecule has 0 nitrogen and oxygen atoms in total. The van der Waals surface area contributed by atoms with Crippen LogP contribution in [0.2, 0.25) is 10.0 Å². The molecule has 60 valence electrons. The largest absolute Gasteiger partial charge is 0.205 e. The predicted octanol–water partition coefficient (Wildman–Crippen LogP) is 4.03. The summed E-state index contributed by atoms with van der Waals surface area (Å²) in [5.41, 5.74) is 0. The molecule has 0 fully saturated rings. The van der Waals surface area contributed by atoms with E-state index in [9.17, 15) is 8.78 Å². The number of halogens is 5. The van der Waals surface area contributed by atoms with E-state index in [1.165, 1.54) is 0 Å². The van der Waals surface area contributed by atoms with Crippen LogP contribution in [0.3, 0.4) is 0 Å². The van der Waals surface area contributed by atoms with Crippen LogP contribution in [0.25, 0.3) is 0 Å². The fourth-order valence-electron chi connectivity index (χ4n) is 0.544. The predicted molar refractivity (Wildman–Crippen MR) is 44.1 cm³/mol. The van der Waals surface area contributed by atoms with Crippen molar-refractivity contribution in [1.82, 2.24) is 0 Å². The van der Waals surface area contributed by atoms with Crippen molar-refractivity contribution in [2.75, 3.05) is 0 Å². The lowest BCUT2D eigenvalue weighted by Crippen LogP contribution is -1.85. The first kappa shape index (κ1) is 9.23. The summed E-state index contributed by atoms with van der Waals surface area (Å²) in [6, 6.07) is 0.823. The Morgan fingerprint density at radius 1 is 1.27 bits per heavy atom. The zero-order valence-corrected chi connectivity index (χ0v) is 8.07. The van der Waals surface area contributed by atoms with E-state index in [-0.39, 0.29) is 14.5 Å². The van der Waals surface area contributed by atoms with Crippen LogP contribution in [0, 0.1) is 11.6 Å². The average Bonchev–Trinajstić information content (AvgIpc) is 1.97. The molecule has 0 spiro atoms. The Morgan fingerprint density at radius 3 is 2.36 bits per heavy atom. The lowest BCUT2D eigenvalue weighted by molar-refractivity contribution is 0.595. The van der Waals surface area contributed by atoms with E-state index in [2.05, 4.69) is 15.9 Å². The highest BCUT2D eigenvalue weighted by Crippen LogP contribution is 2.32. The van der Waals surface area contributed by atoms with Crippen LogP contribution in [-0.2, 0) is 0 Å². The van der Waals surface area contributed by atoms with E-state index in [0.717, 1.165) is 6.07 Å². The quantitative estimate of drug-likeness (QED) is 0.489. The van der Waals surface area contributed by atoms with E-state index in [0.29, 0.717) is 0 Å². The van der Waals surface area contributed by atoms with Gasteiger partial charge in [0.05, 0.1) is 14.5 Å². The van der Waals surface area contributed by atoms with E-state index in [1.807, 2.05) is 0 Å². The van der Waals surface area contributed by atoms with Crippen LogP contribution in [0.15, 0.2) is 10.5 Å². The Labute approximate surface area is 80.2 Å². The molecule has 0 amide bonds. The van der Waals surface area contributed by atoms with E-state index in [4.69, 9.17) is 23.2 Å². The minimum atomic E-state index is -0.752. The Hall–Kier alpha value is 0.140. The third-order valence-corrected chi connectivity index (χ3v) is 2.68. The van der Waals surface area contributed by atoms with Gasteiger partial charge < -0.3 is 0 Å². The van der Waals surface area contributed by atoms with Crippen molar-refractivity contribution in [3.8, 4) is 0 Å². The molecule has 0 aliphatic rings. The van der Waals surface area contributed by atoms with Gasteiger partial charge in [-0.15, -0.1) is 0 Å². The molecule has 1 rings (SSSR count). The minimum absolute atomic E-state index is 0.149. The first-order valence-corrected chi connectivity index (χ1v) is 4.07. The molecule has 0 unspecified atom stereocenters. The second-order valence-electron chi connectivity index (χ2n) is 1.78. The lowest BCUT2D eigenvalue weighted by Gasteiger charge is -2.00. The van der Waals surface area contributed by atoms with Gasteiger partial charge in [0.15, 0.2) is 5.82 Å². The number of hydrogen-bond acceptors (Lipinski definition) is 0. The maximum atomic E-state index is 12.7. The highest BCUT2D eigenvalue weighted by Gasteiger charge is 2.13. The summed E-state index contributed by atoms with van der Waals surface area (Å²) in [6.45, 7) is 0. The smallest absolute Gasteiger partial charge is 0.157 e. The lowest BCUT2D eigenvalue weighted by atomic mass is 10.3. The summed E-state index contributed by atoms with van der Waals surface area (Å²) in [5, 5.41) is -0.592. The summed E-state index contributed by atoms with van der Waals surface area (Å²) in [5.74, 6) is -1.50. The highest BCUT2D eigenvalue weighted by molar-refractivity contribution is 9.10. The van der Waals surface area contributed by atoms with Crippen LogP contribution in [0.1, 0.15) is 0 Å². The molecule has 0 bridgehead atoms. The summed E-state index contributed by atoms with van der Waals surface area (Å²) in [7, 11) is 0. The summed E-state index contributed by atoms with van der Waals surface area (Å²) in [4.78, 5) is 0. The Balaban J connectivity index is 3.46. The van der Waals surface area contributed by atoms with Gasteiger partial charge in [-0.2, -0.15) is 0 Å². The van der Waals surface area contributed by atoms with Crippen LogP contribution >= 0.6 is 39.1 Å². The average molecular weight is 262 g/mol. The minimum Gasteiger partial charge on any atom is -0.205 e. The standard InChI is InChI=1S/C6HBrCl2F2/c7-4-5(9)3(10)1-2(8)6(4)11/h1H. The van der Waals surface area contributed by atoms with Crippen molar-refractivity contribution in [1.29, 1.82) is 0 Å². The maximum absolute atomic E-state index is 12.7. The molecule has 0 atom stereocenters. The number of rotatable bonds is 0. The summed E-state index contributed by atoms with van der Waals surface area (Å²) >= 11 is 13.4. The van der Waals surface area contributed by atoms with Gasteiger partial charge in [0.2, 0.25) is 0 Å². The Morgan fingerprint density at radius 2 is 1.82 bits per heavy atom. The molecular formula is C6HBrCl2F2. The Kier molecular flexibility index (Phi) is 2.73. The van der Waals surface area contributed by atoms with Crippen molar-refractivity contribution in [2.24, 2.45) is 0 Å². The van der Waals surface area contributed by atoms with Gasteiger partial charge in [0, 0.05) is 0 Å². The molecule has 11 heavy (non-hydrogen) atoms. The molecule has 0 heterocycles. The van der Waals surface area contributed by atoms with Crippen molar-refractivity contribution in [2.45, 2.75) is 0 Å². The molecule has 0 N–H and O–H groups in total. The molecule has 0 saturated heterocycles. The molecule has 0 saturated carbocycles. The Bertz CT molecular complexity index is 275. The van der Waals surface area contributed by atoms with Crippen LogP contribution in [0.5, 0.6) is 0 Å². The topological polar surface area (TPSA) is 0 Å². The van der Waals surface area contributed by atoms with Crippen molar-refractivity contribution in [3.05, 3.63) is 32.2 Å². The van der Waals surface area contributed by atoms with E-state index < -0.39 is 11.6 Å².